The summed E-state index contributed by atoms with van der Waals surface area (Å²) in [6.45, 7) is 0.191. The minimum absolute atomic E-state index is 0.0788. The van der Waals surface area contributed by atoms with Gasteiger partial charge in [-0.2, -0.15) is 0 Å². The predicted octanol–water partition coefficient (Wildman–Crippen LogP) is 2.59. The highest BCUT2D eigenvalue weighted by molar-refractivity contribution is 5.89. The number of esters is 1. The fourth-order valence-electron chi connectivity index (χ4n) is 2.36. The van der Waals surface area contributed by atoms with Crippen molar-refractivity contribution >= 4 is 22.6 Å². The normalized spacial score (nSPS) is 10.3. The van der Waals surface area contributed by atoms with E-state index in [0.717, 1.165) is 10.8 Å². The molecule has 0 saturated carbocycles. The van der Waals surface area contributed by atoms with Gasteiger partial charge in [-0.05, 0) is 35.0 Å². The van der Waals surface area contributed by atoms with Gasteiger partial charge in [-0.1, -0.05) is 30.3 Å². The average molecular weight is 350 g/mol. The van der Waals surface area contributed by atoms with Crippen LogP contribution in [0.25, 0.3) is 10.8 Å². The van der Waals surface area contributed by atoms with Crippen molar-refractivity contribution in [1.29, 1.82) is 0 Å². The Kier molecular flexibility index (Phi) is 5.77. The number of carbonyl (C=O) groups excluding carboxylic acids is 2. The van der Waals surface area contributed by atoms with E-state index in [-0.39, 0.29) is 25.7 Å². The molecule has 0 atom stereocenters. The lowest BCUT2D eigenvalue weighted by Crippen LogP contribution is -2.32. The molecule has 0 spiro atoms. The first-order valence-electron chi connectivity index (χ1n) is 8.18. The van der Waals surface area contributed by atoms with E-state index >= 15 is 0 Å². The standard InChI is InChI=1S/C20H18N2O4/c23-19(22-10-11-25-20(24)17-6-3-9-21-13-17)14-26-18-8-7-15-4-1-2-5-16(15)12-18/h1-9,12-13H,10-11,14H2,(H,22,23). The number of hydrogen-bond acceptors (Lipinski definition) is 5. The van der Waals surface area contributed by atoms with Gasteiger partial charge < -0.3 is 14.8 Å². The van der Waals surface area contributed by atoms with E-state index in [9.17, 15) is 9.59 Å². The van der Waals surface area contributed by atoms with Crippen molar-refractivity contribution in [2.75, 3.05) is 19.8 Å². The lowest BCUT2D eigenvalue weighted by Gasteiger charge is -2.09. The van der Waals surface area contributed by atoms with Gasteiger partial charge in [0.15, 0.2) is 6.61 Å². The first kappa shape index (κ1) is 17.4. The number of pyridine rings is 1. The molecule has 1 N–H and O–H groups in total. The zero-order chi connectivity index (χ0) is 18.2. The van der Waals surface area contributed by atoms with Gasteiger partial charge in [0.25, 0.3) is 5.91 Å². The number of benzene rings is 2. The molecule has 0 saturated heterocycles. The third-order valence-corrected chi connectivity index (χ3v) is 3.65. The van der Waals surface area contributed by atoms with Gasteiger partial charge in [0.05, 0.1) is 12.1 Å². The van der Waals surface area contributed by atoms with Crippen molar-refractivity contribution in [2.45, 2.75) is 0 Å². The summed E-state index contributed by atoms with van der Waals surface area (Å²) in [7, 11) is 0. The average Bonchev–Trinajstić information content (AvgIpc) is 2.70. The summed E-state index contributed by atoms with van der Waals surface area (Å²) in [5.74, 6) is -0.128. The maximum Gasteiger partial charge on any atom is 0.339 e. The summed E-state index contributed by atoms with van der Waals surface area (Å²) in [4.78, 5) is 27.4. The van der Waals surface area contributed by atoms with Gasteiger partial charge in [-0.25, -0.2) is 4.79 Å². The second-order valence-electron chi connectivity index (χ2n) is 5.53. The Morgan fingerprint density at radius 1 is 1.00 bits per heavy atom. The third-order valence-electron chi connectivity index (χ3n) is 3.65. The van der Waals surface area contributed by atoms with Gasteiger partial charge in [0, 0.05) is 12.4 Å². The molecule has 0 radical (unpaired) electrons. The lowest BCUT2D eigenvalue weighted by atomic mass is 10.1. The Bertz CT molecular complexity index is 896. The summed E-state index contributed by atoms with van der Waals surface area (Å²) in [5.41, 5.74) is 0.374. The van der Waals surface area contributed by atoms with Crippen LogP contribution in [0.5, 0.6) is 5.75 Å². The zero-order valence-electron chi connectivity index (χ0n) is 14.1. The number of ether oxygens (including phenoxy) is 2. The van der Waals surface area contributed by atoms with E-state index in [1.54, 1.807) is 18.3 Å². The zero-order valence-corrected chi connectivity index (χ0v) is 14.1. The molecule has 1 aromatic heterocycles. The first-order chi connectivity index (χ1) is 12.7. The number of hydrogen-bond donors (Lipinski definition) is 1. The number of aromatic nitrogens is 1. The van der Waals surface area contributed by atoms with Crippen LogP contribution in [-0.4, -0.2) is 36.6 Å². The Morgan fingerprint density at radius 2 is 1.85 bits per heavy atom. The molecule has 0 aliphatic heterocycles. The molecule has 132 valence electrons. The van der Waals surface area contributed by atoms with E-state index in [1.165, 1.54) is 6.20 Å². The van der Waals surface area contributed by atoms with E-state index in [4.69, 9.17) is 9.47 Å². The topological polar surface area (TPSA) is 77.5 Å². The van der Waals surface area contributed by atoms with Gasteiger partial charge in [0.2, 0.25) is 0 Å². The van der Waals surface area contributed by atoms with Crippen molar-refractivity contribution in [3.63, 3.8) is 0 Å². The maximum absolute atomic E-state index is 11.8. The molecule has 3 rings (SSSR count). The van der Waals surface area contributed by atoms with Crippen LogP contribution in [0.15, 0.2) is 67.0 Å². The van der Waals surface area contributed by atoms with Crippen molar-refractivity contribution in [1.82, 2.24) is 10.3 Å². The molecule has 6 nitrogen and oxygen atoms in total. The quantitative estimate of drug-likeness (QED) is 0.523. The summed E-state index contributed by atoms with van der Waals surface area (Å²) < 4.78 is 10.6. The Balaban J connectivity index is 1.38. The van der Waals surface area contributed by atoms with E-state index in [2.05, 4.69) is 10.3 Å². The molecule has 26 heavy (non-hydrogen) atoms. The SMILES string of the molecule is O=C(COc1ccc2ccccc2c1)NCCOC(=O)c1cccnc1. The molecule has 0 aliphatic carbocycles. The van der Waals surface area contributed by atoms with E-state index < -0.39 is 5.97 Å². The summed E-state index contributed by atoms with van der Waals surface area (Å²) >= 11 is 0. The van der Waals surface area contributed by atoms with Crippen molar-refractivity contribution in [2.24, 2.45) is 0 Å². The number of nitrogens with one attached hydrogen (secondary N) is 1. The van der Waals surface area contributed by atoms with Crippen molar-refractivity contribution < 1.29 is 19.1 Å². The molecular formula is C20H18N2O4. The van der Waals surface area contributed by atoms with Crippen LogP contribution >= 0.6 is 0 Å². The Labute approximate surface area is 150 Å². The number of rotatable bonds is 7. The third kappa shape index (κ3) is 4.80. The fourth-order valence-corrected chi connectivity index (χ4v) is 2.36. The molecule has 3 aromatic rings. The van der Waals surface area contributed by atoms with Crippen LogP contribution in [0, 0.1) is 0 Å². The van der Waals surface area contributed by atoms with Gasteiger partial charge in [0.1, 0.15) is 12.4 Å². The van der Waals surface area contributed by atoms with Crippen LogP contribution in [0.4, 0.5) is 0 Å². The Hall–Kier alpha value is -3.41. The van der Waals surface area contributed by atoms with E-state index in [1.807, 2.05) is 42.5 Å². The largest absolute Gasteiger partial charge is 0.484 e. The predicted molar refractivity (Wildman–Crippen MR) is 97.0 cm³/mol. The highest BCUT2D eigenvalue weighted by atomic mass is 16.5. The number of carbonyl (C=O) groups is 2. The minimum Gasteiger partial charge on any atom is -0.484 e. The molecule has 0 bridgehead atoms. The Morgan fingerprint density at radius 3 is 2.65 bits per heavy atom. The van der Waals surface area contributed by atoms with Gasteiger partial charge >= 0.3 is 5.97 Å². The summed E-state index contributed by atoms with van der Waals surface area (Å²) in [6.07, 6.45) is 3.00. The summed E-state index contributed by atoms with van der Waals surface area (Å²) in [5, 5.41) is 4.80. The molecule has 0 unspecified atom stereocenters. The van der Waals surface area contributed by atoms with Crippen LogP contribution in [0.1, 0.15) is 10.4 Å². The van der Waals surface area contributed by atoms with E-state index in [0.29, 0.717) is 11.3 Å². The molecule has 6 heteroatoms. The van der Waals surface area contributed by atoms with Crippen LogP contribution in [-0.2, 0) is 9.53 Å². The fraction of sp³-hybridized carbons (Fsp3) is 0.150. The number of nitrogens with zero attached hydrogens (tertiary/aromatic N) is 1. The maximum atomic E-state index is 11.8. The number of fused-ring (bicyclic) bond motifs is 1. The second-order valence-corrected chi connectivity index (χ2v) is 5.53. The monoisotopic (exact) mass is 350 g/mol. The molecule has 0 fully saturated rings. The van der Waals surface area contributed by atoms with Gasteiger partial charge in [-0.3, -0.25) is 9.78 Å². The molecule has 1 amide bonds. The highest BCUT2D eigenvalue weighted by Gasteiger charge is 2.07. The molecular weight excluding hydrogens is 332 g/mol. The second kappa shape index (κ2) is 8.62. The molecule has 1 heterocycles. The van der Waals surface area contributed by atoms with Crippen LogP contribution in [0.3, 0.4) is 0 Å². The summed E-state index contributed by atoms with van der Waals surface area (Å²) in [6, 6.07) is 16.8. The van der Waals surface area contributed by atoms with Crippen molar-refractivity contribution in [3.8, 4) is 5.75 Å². The van der Waals surface area contributed by atoms with Gasteiger partial charge in [-0.15, -0.1) is 0 Å². The highest BCUT2D eigenvalue weighted by Crippen LogP contribution is 2.20. The smallest absolute Gasteiger partial charge is 0.339 e. The molecule has 2 aromatic carbocycles. The van der Waals surface area contributed by atoms with Crippen LogP contribution in [0.2, 0.25) is 0 Å². The van der Waals surface area contributed by atoms with Crippen LogP contribution < -0.4 is 10.1 Å². The first-order valence-corrected chi connectivity index (χ1v) is 8.18. The van der Waals surface area contributed by atoms with Crippen molar-refractivity contribution in [3.05, 3.63) is 72.6 Å². The number of amides is 1. The minimum atomic E-state index is -0.472. The molecule has 0 aliphatic rings. The lowest BCUT2D eigenvalue weighted by molar-refractivity contribution is -0.123.